The lowest BCUT2D eigenvalue weighted by atomic mass is 10.1. The summed E-state index contributed by atoms with van der Waals surface area (Å²) in [5, 5.41) is 2.47. The molecule has 0 radical (unpaired) electrons. The minimum absolute atomic E-state index is 0.151. The molecule has 0 saturated heterocycles. The maximum Gasteiger partial charge on any atom is 0.346 e. The van der Waals surface area contributed by atoms with Crippen molar-refractivity contribution < 1.29 is 9.53 Å². The summed E-state index contributed by atoms with van der Waals surface area (Å²) in [5.74, 6) is -0.275. The van der Waals surface area contributed by atoms with Crippen molar-refractivity contribution >= 4 is 40.5 Å². The zero-order valence-corrected chi connectivity index (χ0v) is 13.5. The molecule has 3 aromatic rings. The van der Waals surface area contributed by atoms with Crippen LogP contribution < -0.4 is 4.74 Å². The predicted molar refractivity (Wildman–Crippen MR) is 89.0 cm³/mol. The van der Waals surface area contributed by atoms with Crippen LogP contribution in [0.3, 0.4) is 0 Å². The van der Waals surface area contributed by atoms with Crippen LogP contribution in [0.25, 0.3) is 10.4 Å². The van der Waals surface area contributed by atoms with E-state index in [1.165, 1.54) is 17.5 Å². The number of aromatic nitrogens is 1. The van der Waals surface area contributed by atoms with Gasteiger partial charge in [-0.1, -0.05) is 35.3 Å². The summed E-state index contributed by atoms with van der Waals surface area (Å²) in [6.45, 7) is 0. The zero-order valence-electron chi connectivity index (χ0n) is 11.1. The number of halogens is 2. The molecule has 3 rings (SSSR count). The van der Waals surface area contributed by atoms with Gasteiger partial charge in [0.15, 0.2) is 0 Å². The number of thiophene rings is 1. The molecule has 110 valence electrons. The minimum Gasteiger partial charge on any atom is -0.421 e. The maximum absolute atomic E-state index is 12.4. The number of benzene rings is 1. The van der Waals surface area contributed by atoms with Crippen molar-refractivity contribution in [2.45, 2.75) is 0 Å². The van der Waals surface area contributed by atoms with Gasteiger partial charge in [-0.25, -0.2) is 4.79 Å². The Balaban J connectivity index is 1.99. The molecule has 0 saturated carbocycles. The van der Waals surface area contributed by atoms with E-state index < -0.39 is 5.97 Å². The van der Waals surface area contributed by atoms with Crippen LogP contribution in [0.15, 0.2) is 54.2 Å². The summed E-state index contributed by atoms with van der Waals surface area (Å²) >= 11 is 14.0. The van der Waals surface area contributed by atoms with Crippen molar-refractivity contribution in [2.75, 3.05) is 0 Å². The third-order valence-corrected chi connectivity index (χ3v) is 4.54. The standard InChI is InChI=1S/C16H9Cl2NO2S/c17-12-6-5-11(13-4-2-8-22-13)15(18)14(12)16(20)21-10-3-1-7-19-9-10/h1-9H. The third-order valence-electron chi connectivity index (χ3n) is 2.93. The van der Waals surface area contributed by atoms with Gasteiger partial charge in [-0.05, 0) is 29.6 Å². The lowest BCUT2D eigenvalue weighted by molar-refractivity contribution is 0.0734. The fourth-order valence-corrected chi connectivity index (χ4v) is 3.37. The molecule has 0 bridgehead atoms. The predicted octanol–water partition coefficient (Wildman–Crippen LogP) is 5.34. The number of esters is 1. The fraction of sp³-hybridized carbons (Fsp3) is 0. The molecule has 6 heteroatoms. The highest BCUT2D eigenvalue weighted by molar-refractivity contribution is 7.13. The van der Waals surface area contributed by atoms with Crippen LogP contribution in [0.5, 0.6) is 5.75 Å². The van der Waals surface area contributed by atoms with Gasteiger partial charge >= 0.3 is 5.97 Å². The zero-order chi connectivity index (χ0) is 15.5. The monoisotopic (exact) mass is 349 g/mol. The van der Waals surface area contributed by atoms with Crippen LogP contribution in [0.4, 0.5) is 0 Å². The molecule has 3 nitrogen and oxygen atoms in total. The SMILES string of the molecule is O=C(Oc1cccnc1)c1c(Cl)ccc(-c2cccs2)c1Cl. The number of ether oxygens (including phenoxy) is 1. The molecule has 0 aliphatic carbocycles. The summed E-state index contributed by atoms with van der Waals surface area (Å²) < 4.78 is 5.27. The Labute approximate surface area is 141 Å². The van der Waals surface area contributed by atoms with E-state index in [9.17, 15) is 4.79 Å². The molecule has 2 heterocycles. The van der Waals surface area contributed by atoms with E-state index in [0.717, 1.165) is 10.4 Å². The molecule has 0 aliphatic rings. The Morgan fingerprint density at radius 1 is 1.14 bits per heavy atom. The second-order valence-corrected chi connectivity index (χ2v) is 6.07. The molecule has 0 unspecified atom stereocenters. The second kappa shape index (κ2) is 6.48. The molecule has 0 fully saturated rings. The fourth-order valence-electron chi connectivity index (χ4n) is 1.93. The minimum atomic E-state index is -0.610. The molecular formula is C16H9Cl2NO2S. The quantitative estimate of drug-likeness (QED) is 0.599. The number of carbonyl (C=O) groups is 1. The van der Waals surface area contributed by atoms with E-state index in [-0.39, 0.29) is 15.6 Å². The van der Waals surface area contributed by atoms with Crippen molar-refractivity contribution in [3.8, 4) is 16.2 Å². The van der Waals surface area contributed by atoms with E-state index >= 15 is 0 Å². The Morgan fingerprint density at radius 2 is 2.00 bits per heavy atom. The number of nitrogens with zero attached hydrogens (tertiary/aromatic N) is 1. The van der Waals surface area contributed by atoms with Gasteiger partial charge < -0.3 is 4.74 Å². The van der Waals surface area contributed by atoms with E-state index in [1.54, 1.807) is 30.5 Å². The lowest BCUT2D eigenvalue weighted by Crippen LogP contribution is -2.10. The maximum atomic E-state index is 12.4. The van der Waals surface area contributed by atoms with Crippen molar-refractivity contribution in [1.82, 2.24) is 4.98 Å². The van der Waals surface area contributed by atoms with E-state index in [0.29, 0.717) is 5.75 Å². The highest BCUT2D eigenvalue weighted by atomic mass is 35.5. The summed E-state index contributed by atoms with van der Waals surface area (Å²) in [5.41, 5.74) is 0.900. The number of hydrogen-bond donors (Lipinski definition) is 0. The summed E-state index contributed by atoms with van der Waals surface area (Å²) in [7, 11) is 0. The van der Waals surface area contributed by atoms with Crippen molar-refractivity contribution in [1.29, 1.82) is 0 Å². The van der Waals surface area contributed by atoms with Gasteiger partial charge in [0.25, 0.3) is 0 Å². The largest absolute Gasteiger partial charge is 0.421 e. The molecule has 1 aromatic carbocycles. The smallest absolute Gasteiger partial charge is 0.346 e. The average Bonchev–Trinajstić information content (AvgIpc) is 3.02. The van der Waals surface area contributed by atoms with Gasteiger partial charge in [0.05, 0.1) is 21.8 Å². The summed E-state index contributed by atoms with van der Waals surface area (Å²) in [6.07, 6.45) is 3.04. The average molecular weight is 350 g/mol. The summed E-state index contributed by atoms with van der Waals surface area (Å²) in [6, 6.07) is 10.6. The van der Waals surface area contributed by atoms with Gasteiger partial charge in [0.2, 0.25) is 0 Å². The van der Waals surface area contributed by atoms with Crippen LogP contribution in [0.2, 0.25) is 10.0 Å². The molecule has 0 aliphatic heterocycles. The molecule has 0 atom stereocenters. The Hall–Kier alpha value is -1.88. The van der Waals surface area contributed by atoms with Crippen molar-refractivity contribution in [3.63, 3.8) is 0 Å². The Bertz CT molecular complexity index is 805. The Morgan fingerprint density at radius 3 is 2.68 bits per heavy atom. The number of hydrogen-bond acceptors (Lipinski definition) is 4. The Kier molecular flexibility index (Phi) is 4.43. The van der Waals surface area contributed by atoms with Crippen molar-refractivity contribution in [3.05, 3.63) is 69.8 Å². The van der Waals surface area contributed by atoms with Gasteiger partial charge in [-0.2, -0.15) is 0 Å². The lowest BCUT2D eigenvalue weighted by Gasteiger charge is -2.10. The van der Waals surface area contributed by atoms with Crippen LogP contribution in [-0.4, -0.2) is 11.0 Å². The van der Waals surface area contributed by atoms with Gasteiger partial charge in [-0.15, -0.1) is 11.3 Å². The van der Waals surface area contributed by atoms with Crippen LogP contribution >= 0.6 is 34.5 Å². The molecular weight excluding hydrogens is 341 g/mol. The van der Waals surface area contributed by atoms with Crippen molar-refractivity contribution in [2.24, 2.45) is 0 Å². The first-order chi connectivity index (χ1) is 10.7. The second-order valence-electron chi connectivity index (χ2n) is 4.34. The highest BCUT2D eigenvalue weighted by Crippen LogP contribution is 2.37. The van der Waals surface area contributed by atoms with Gasteiger partial charge in [0.1, 0.15) is 5.75 Å². The first-order valence-corrected chi connectivity index (χ1v) is 7.94. The number of carbonyl (C=O) groups excluding carboxylic acids is 1. The first-order valence-electron chi connectivity index (χ1n) is 6.31. The van der Waals surface area contributed by atoms with Crippen LogP contribution in [0.1, 0.15) is 10.4 Å². The molecule has 0 N–H and O–H groups in total. The highest BCUT2D eigenvalue weighted by Gasteiger charge is 2.21. The third kappa shape index (κ3) is 2.99. The first kappa shape index (κ1) is 15.0. The van der Waals surface area contributed by atoms with Crippen LogP contribution in [0, 0.1) is 0 Å². The normalized spacial score (nSPS) is 10.5. The van der Waals surface area contributed by atoms with Crippen LogP contribution in [-0.2, 0) is 0 Å². The molecule has 22 heavy (non-hydrogen) atoms. The van der Waals surface area contributed by atoms with E-state index in [4.69, 9.17) is 27.9 Å². The van der Waals surface area contributed by atoms with E-state index in [2.05, 4.69) is 4.98 Å². The molecule has 2 aromatic heterocycles. The van der Waals surface area contributed by atoms with E-state index in [1.807, 2.05) is 17.5 Å². The van der Waals surface area contributed by atoms with Gasteiger partial charge in [0, 0.05) is 16.6 Å². The number of rotatable bonds is 3. The molecule has 0 amide bonds. The van der Waals surface area contributed by atoms with Gasteiger partial charge in [-0.3, -0.25) is 4.98 Å². The number of pyridine rings is 1. The topological polar surface area (TPSA) is 39.2 Å². The molecule has 0 spiro atoms. The summed E-state index contributed by atoms with van der Waals surface area (Å²) in [4.78, 5) is 17.2.